The van der Waals surface area contributed by atoms with Crippen molar-refractivity contribution in [2.75, 3.05) is 16.0 Å². The number of halogens is 1. The van der Waals surface area contributed by atoms with Gasteiger partial charge in [-0.1, -0.05) is 35.9 Å². The number of anilines is 4. The number of hydrogen-bond donors (Lipinski definition) is 2. The van der Waals surface area contributed by atoms with E-state index in [1.807, 2.05) is 6.07 Å². The molecular weight excluding hydrogens is 362 g/mol. The van der Waals surface area contributed by atoms with E-state index in [1.165, 1.54) is 4.90 Å². The van der Waals surface area contributed by atoms with Crippen molar-refractivity contribution >= 4 is 46.2 Å². The Bertz CT molecular complexity index is 972. The van der Waals surface area contributed by atoms with E-state index in [-0.39, 0.29) is 0 Å². The van der Waals surface area contributed by atoms with Gasteiger partial charge in [0.25, 0.3) is 0 Å². The highest BCUT2D eigenvalue weighted by Gasteiger charge is 2.25. The lowest BCUT2D eigenvalue weighted by atomic mass is 10.2. The second-order valence-electron chi connectivity index (χ2n) is 5.93. The van der Waals surface area contributed by atoms with Crippen LogP contribution in [0.15, 0.2) is 72.8 Å². The molecular formula is C21H18ClN3O2. The SMILES string of the molecule is Cc1c(Cl)cccc1NC(=O)C(=O)N(c1ccccc1)c1ccc(N)cc1. The number of para-hydroxylation sites is 1. The zero-order chi connectivity index (χ0) is 19.4. The van der Waals surface area contributed by atoms with E-state index < -0.39 is 11.8 Å². The Morgan fingerprint density at radius 3 is 2.19 bits per heavy atom. The Balaban J connectivity index is 1.94. The second-order valence-corrected chi connectivity index (χ2v) is 6.34. The number of carbonyl (C=O) groups excluding carboxylic acids is 2. The van der Waals surface area contributed by atoms with Crippen LogP contribution in [0.5, 0.6) is 0 Å². The average Bonchev–Trinajstić information content (AvgIpc) is 2.68. The summed E-state index contributed by atoms with van der Waals surface area (Å²) in [6.07, 6.45) is 0. The predicted octanol–water partition coefficient (Wildman–Crippen LogP) is 4.53. The number of nitrogens with zero attached hydrogens (tertiary/aromatic N) is 1. The minimum Gasteiger partial charge on any atom is -0.399 e. The fourth-order valence-electron chi connectivity index (χ4n) is 2.60. The highest BCUT2D eigenvalue weighted by atomic mass is 35.5. The summed E-state index contributed by atoms with van der Waals surface area (Å²) in [7, 11) is 0. The van der Waals surface area contributed by atoms with Crippen LogP contribution in [0.1, 0.15) is 5.56 Å². The Kier molecular flexibility index (Phi) is 5.43. The first-order valence-corrected chi connectivity index (χ1v) is 8.66. The Morgan fingerprint density at radius 2 is 1.52 bits per heavy atom. The number of hydrogen-bond acceptors (Lipinski definition) is 3. The average molecular weight is 380 g/mol. The first kappa shape index (κ1) is 18.5. The zero-order valence-electron chi connectivity index (χ0n) is 14.6. The van der Waals surface area contributed by atoms with Gasteiger partial charge in [0.1, 0.15) is 0 Å². The molecule has 0 aliphatic rings. The van der Waals surface area contributed by atoms with Crippen LogP contribution in [-0.2, 0) is 9.59 Å². The van der Waals surface area contributed by atoms with Gasteiger partial charge in [0.15, 0.2) is 0 Å². The van der Waals surface area contributed by atoms with Gasteiger partial charge >= 0.3 is 11.8 Å². The third-order valence-electron chi connectivity index (χ3n) is 4.08. The molecule has 0 aliphatic carbocycles. The number of amides is 2. The van der Waals surface area contributed by atoms with Gasteiger partial charge in [-0.05, 0) is 61.0 Å². The maximum atomic E-state index is 13.0. The van der Waals surface area contributed by atoms with Gasteiger partial charge < -0.3 is 11.1 Å². The van der Waals surface area contributed by atoms with Crippen molar-refractivity contribution in [2.24, 2.45) is 0 Å². The van der Waals surface area contributed by atoms with Gasteiger partial charge in [-0.3, -0.25) is 14.5 Å². The molecule has 0 heterocycles. The van der Waals surface area contributed by atoms with Crippen LogP contribution < -0.4 is 16.0 Å². The molecule has 0 spiro atoms. The molecule has 3 N–H and O–H groups in total. The molecule has 5 nitrogen and oxygen atoms in total. The molecule has 3 aromatic rings. The number of benzene rings is 3. The van der Waals surface area contributed by atoms with Crippen LogP contribution in [0, 0.1) is 6.92 Å². The van der Waals surface area contributed by atoms with Crippen molar-refractivity contribution in [1.29, 1.82) is 0 Å². The van der Waals surface area contributed by atoms with Crippen LogP contribution in [0.4, 0.5) is 22.7 Å². The standard InChI is InChI=1S/C21H18ClN3O2/c1-14-18(22)8-5-9-19(14)24-20(26)21(27)25(16-6-3-2-4-7-16)17-12-10-15(23)11-13-17/h2-13H,23H2,1H3,(H,24,26). The van der Waals surface area contributed by atoms with E-state index >= 15 is 0 Å². The van der Waals surface area contributed by atoms with E-state index in [4.69, 9.17) is 17.3 Å². The summed E-state index contributed by atoms with van der Waals surface area (Å²) in [6.45, 7) is 1.78. The van der Waals surface area contributed by atoms with Crippen LogP contribution in [0.2, 0.25) is 5.02 Å². The van der Waals surface area contributed by atoms with E-state index in [0.717, 1.165) is 0 Å². The van der Waals surface area contributed by atoms with E-state index in [2.05, 4.69) is 5.32 Å². The number of nitrogen functional groups attached to an aromatic ring is 1. The summed E-state index contributed by atoms with van der Waals surface area (Å²) in [5.41, 5.74) is 8.61. The molecule has 0 radical (unpaired) electrons. The molecule has 0 saturated heterocycles. The molecule has 2 amide bonds. The van der Waals surface area contributed by atoms with Crippen LogP contribution >= 0.6 is 11.6 Å². The molecule has 0 saturated carbocycles. The van der Waals surface area contributed by atoms with Crippen LogP contribution in [0.25, 0.3) is 0 Å². The first-order valence-electron chi connectivity index (χ1n) is 8.28. The summed E-state index contributed by atoms with van der Waals surface area (Å²) < 4.78 is 0. The third-order valence-corrected chi connectivity index (χ3v) is 4.49. The maximum Gasteiger partial charge on any atom is 0.321 e. The van der Waals surface area contributed by atoms with Gasteiger partial charge in [0, 0.05) is 27.8 Å². The molecule has 6 heteroatoms. The Morgan fingerprint density at radius 1 is 0.889 bits per heavy atom. The fraction of sp³-hybridized carbons (Fsp3) is 0.0476. The summed E-state index contributed by atoms with van der Waals surface area (Å²) in [5, 5.41) is 3.16. The molecule has 0 unspecified atom stereocenters. The molecule has 136 valence electrons. The van der Waals surface area contributed by atoms with Gasteiger partial charge in [-0.25, -0.2) is 0 Å². The van der Waals surface area contributed by atoms with Gasteiger partial charge in [0.05, 0.1) is 0 Å². The van der Waals surface area contributed by atoms with Crippen molar-refractivity contribution in [3.63, 3.8) is 0 Å². The normalized spacial score (nSPS) is 10.3. The molecule has 0 bridgehead atoms. The van der Waals surface area contributed by atoms with Crippen molar-refractivity contribution in [1.82, 2.24) is 0 Å². The van der Waals surface area contributed by atoms with Crippen molar-refractivity contribution in [2.45, 2.75) is 6.92 Å². The topological polar surface area (TPSA) is 75.4 Å². The first-order chi connectivity index (χ1) is 13.0. The molecule has 0 atom stereocenters. The smallest absolute Gasteiger partial charge is 0.321 e. The lowest BCUT2D eigenvalue weighted by Gasteiger charge is -2.23. The minimum absolute atomic E-state index is 0.492. The largest absolute Gasteiger partial charge is 0.399 e. The number of rotatable bonds is 3. The quantitative estimate of drug-likeness (QED) is 0.518. The maximum absolute atomic E-state index is 13.0. The molecule has 27 heavy (non-hydrogen) atoms. The summed E-state index contributed by atoms with van der Waals surface area (Å²) in [4.78, 5) is 27.0. The molecule has 3 aromatic carbocycles. The fourth-order valence-corrected chi connectivity index (χ4v) is 2.78. The molecule has 3 rings (SSSR count). The van der Waals surface area contributed by atoms with E-state index in [9.17, 15) is 9.59 Å². The minimum atomic E-state index is -0.763. The van der Waals surface area contributed by atoms with Crippen LogP contribution in [0.3, 0.4) is 0 Å². The van der Waals surface area contributed by atoms with Gasteiger partial charge in [0.2, 0.25) is 0 Å². The van der Waals surface area contributed by atoms with Gasteiger partial charge in [-0.15, -0.1) is 0 Å². The Hall–Kier alpha value is -3.31. The van der Waals surface area contributed by atoms with Crippen molar-refractivity contribution in [3.8, 4) is 0 Å². The van der Waals surface area contributed by atoms with Crippen molar-refractivity contribution in [3.05, 3.63) is 83.4 Å². The third kappa shape index (κ3) is 4.10. The number of nitrogens with two attached hydrogens (primary N) is 1. The summed E-state index contributed by atoms with van der Waals surface area (Å²) >= 11 is 6.09. The highest BCUT2D eigenvalue weighted by Crippen LogP contribution is 2.27. The molecule has 0 aromatic heterocycles. The number of nitrogens with one attached hydrogen (secondary N) is 1. The van der Waals surface area contributed by atoms with Crippen molar-refractivity contribution < 1.29 is 9.59 Å². The van der Waals surface area contributed by atoms with E-state index in [0.29, 0.717) is 33.3 Å². The van der Waals surface area contributed by atoms with Gasteiger partial charge in [-0.2, -0.15) is 0 Å². The molecule has 0 aliphatic heterocycles. The molecule has 0 fully saturated rings. The number of carbonyl (C=O) groups is 2. The summed E-state index contributed by atoms with van der Waals surface area (Å²) in [5.74, 6) is -1.48. The lowest BCUT2D eigenvalue weighted by molar-refractivity contribution is -0.134. The lowest BCUT2D eigenvalue weighted by Crippen LogP contribution is -2.36. The highest BCUT2D eigenvalue weighted by molar-refractivity contribution is 6.46. The zero-order valence-corrected chi connectivity index (χ0v) is 15.4. The monoisotopic (exact) mass is 379 g/mol. The predicted molar refractivity (Wildman–Crippen MR) is 109 cm³/mol. The Labute approximate surface area is 162 Å². The van der Waals surface area contributed by atoms with Crippen LogP contribution in [-0.4, -0.2) is 11.8 Å². The second kappa shape index (κ2) is 7.93. The van der Waals surface area contributed by atoms with E-state index in [1.54, 1.807) is 73.7 Å². The summed E-state index contributed by atoms with van der Waals surface area (Å²) in [6, 6.07) is 20.8.